The SMILES string of the molecule is Cn1c(=O)c2c(n(C)c1=O)n1c(-c3ccc(Br)cc3)nnc1n2Cc1ccccc1F. The summed E-state index contributed by atoms with van der Waals surface area (Å²) < 4.78 is 21.0. The number of benzene rings is 2. The first-order valence-electron chi connectivity index (χ1n) is 9.41. The Bertz CT molecular complexity index is 1590. The van der Waals surface area contributed by atoms with Crippen LogP contribution < -0.4 is 11.2 Å². The van der Waals surface area contributed by atoms with Crippen LogP contribution in [0.5, 0.6) is 0 Å². The van der Waals surface area contributed by atoms with Crippen molar-refractivity contribution in [3.63, 3.8) is 0 Å². The van der Waals surface area contributed by atoms with E-state index in [0.29, 0.717) is 22.8 Å². The molecule has 10 heteroatoms. The Morgan fingerprint density at radius 1 is 0.968 bits per heavy atom. The maximum Gasteiger partial charge on any atom is 0.332 e. The van der Waals surface area contributed by atoms with E-state index in [0.717, 1.165) is 14.6 Å². The summed E-state index contributed by atoms with van der Waals surface area (Å²) >= 11 is 3.41. The molecule has 3 aromatic heterocycles. The maximum absolute atomic E-state index is 14.4. The van der Waals surface area contributed by atoms with E-state index in [9.17, 15) is 14.0 Å². The van der Waals surface area contributed by atoms with Gasteiger partial charge in [-0.1, -0.05) is 46.3 Å². The first-order valence-corrected chi connectivity index (χ1v) is 10.2. The van der Waals surface area contributed by atoms with Gasteiger partial charge in [0.05, 0.1) is 6.54 Å². The zero-order valence-electron chi connectivity index (χ0n) is 16.6. The third kappa shape index (κ3) is 2.86. The summed E-state index contributed by atoms with van der Waals surface area (Å²) in [6, 6.07) is 13.8. The molecule has 0 aliphatic heterocycles. The predicted molar refractivity (Wildman–Crippen MR) is 118 cm³/mol. The molecule has 0 unspecified atom stereocenters. The van der Waals surface area contributed by atoms with Crippen molar-refractivity contribution in [3.8, 4) is 11.4 Å². The summed E-state index contributed by atoms with van der Waals surface area (Å²) in [7, 11) is 3.00. The van der Waals surface area contributed by atoms with Gasteiger partial charge >= 0.3 is 5.69 Å². The molecule has 2 aromatic carbocycles. The van der Waals surface area contributed by atoms with Crippen molar-refractivity contribution in [3.05, 3.63) is 85.2 Å². The first-order chi connectivity index (χ1) is 14.9. The third-order valence-electron chi connectivity index (χ3n) is 5.37. The average Bonchev–Trinajstić information content (AvgIpc) is 3.32. The molecule has 0 aliphatic carbocycles. The van der Waals surface area contributed by atoms with E-state index in [1.54, 1.807) is 34.2 Å². The summed E-state index contributed by atoms with van der Waals surface area (Å²) in [6.07, 6.45) is 0. The maximum atomic E-state index is 14.4. The zero-order valence-corrected chi connectivity index (χ0v) is 18.2. The van der Waals surface area contributed by atoms with Crippen LogP contribution in [-0.4, -0.2) is 28.3 Å². The van der Waals surface area contributed by atoms with Crippen molar-refractivity contribution < 1.29 is 4.39 Å². The van der Waals surface area contributed by atoms with Crippen LogP contribution in [0.3, 0.4) is 0 Å². The van der Waals surface area contributed by atoms with E-state index in [1.807, 2.05) is 24.3 Å². The van der Waals surface area contributed by atoms with Crippen LogP contribution in [-0.2, 0) is 20.6 Å². The number of aryl methyl sites for hydroxylation is 1. The minimum Gasteiger partial charge on any atom is -0.298 e. The van der Waals surface area contributed by atoms with Crippen molar-refractivity contribution in [1.82, 2.24) is 28.3 Å². The lowest BCUT2D eigenvalue weighted by Gasteiger charge is -2.08. The summed E-state index contributed by atoms with van der Waals surface area (Å²) in [4.78, 5) is 25.8. The normalized spacial score (nSPS) is 11.6. The Morgan fingerprint density at radius 3 is 2.39 bits per heavy atom. The monoisotopic (exact) mass is 482 g/mol. The van der Waals surface area contributed by atoms with E-state index in [2.05, 4.69) is 26.1 Å². The van der Waals surface area contributed by atoms with Crippen molar-refractivity contribution in [2.45, 2.75) is 6.54 Å². The molecule has 8 nitrogen and oxygen atoms in total. The van der Waals surface area contributed by atoms with Crippen LogP contribution in [0.1, 0.15) is 5.56 Å². The topological polar surface area (TPSA) is 79.1 Å². The third-order valence-corrected chi connectivity index (χ3v) is 5.90. The van der Waals surface area contributed by atoms with Gasteiger partial charge in [-0.05, 0) is 18.2 Å². The fraction of sp³-hybridized carbons (Fsp3) is 0.143. The van der Waals surface area contributed by atoms with Gasteiger partial charge in [0.2, 0.25) is 5.78 Å². The lowest BCUT2D eigenvalue weighted by molar-refractivity contribution is 0.602. The van der Waals surface area contributed by atoms with E-state index < -0.39 is 17.1 Å². The number of fused-ring (bicyclic) bond motifs is 3. The summed E-state index contributed by atoms with van der Waals surface area (Å²) in [5, 5.41) is 8.61. The molecule has 3 heterocycles. The fourth-order valence-electron chi connectivity index (χ4n) is 3.79. The van der Waals surface area contributed by atoms with Crippen molar-refractivity contribution in [2.24, 2.45) is 14.1 Å². The molecule has 0 atom stereocenters. The van der Waals surface area contributed by atoms with Gasteiger partial charge in [0, 0.05) is 29.7 Å². The molecule has 0 spiro atoms. The summed E-state index contributed by atoms with van der Waals surface area (Å²) in [5.74, 6) is 0.425. The second-order valence-electron chi connectivity index (χ2n) is 7.22. The van der Waals surface area contributed by atoms with Gasteiger partial charge in [0.15, 0.2) is 17.0 Å². The number of nitrogens with zero attached hydrogens (tertiary/aromatic N) is 6. The second-order valence-corrected chi connectivity index (χ2v) is 8.14. The summed E-state index contributed by atoms with van der Waals surface area (Å²) in [5.41, 5.74) is 0.790. The van der Waals surface area contributed by atoms with Gasteiger partial charge in [-0.25, -0.2) is 13.6 Å². The predicted octanol–water partition coefficient (Wildman–Crippen LogP) is 2.70. The Morgan fingerprint density at radius 2 is 1.68 bits per heavy atom. The van der Waals surface area contributed by atoms with Gasteiger partial charge in [-0.3, -0.25) is 18.5 Å². The number of hydrogen-bond acceptors (Lipinski definition) is 4. The first kappa shape index (κ1) is 19.4. The number of aromatic nitrogens is 6. The molecule has 0 saturated carbocycles. The summed E-state index contributed by atoms with van der Waals surface area (Å²) in [6.45, 7) is 0.0611. The Kier molecular flexibility index (Phi) is 4.40. The molecule has 0 aliphatic rings. The van der Waals surface area contributed by atoms with E-state index >= 15 is 0 Å². The van der Waals surface area contributed by atoms with Crippen LogP contribution in [0.25, 0.3) is 28.3 Å². The van der Waals surface area contributed by atoms with Crippen LogP contribution in [0.4, 0.5) is 4.39 Å². The number of halogens is 2. The van der Waals surface area contributed by atoms with Gasteiger partial charge in [-0.2, -0.15) is 0 Å². The molecule has 156 valence electrons. The molecule has 5 rings (SSSR count). The average molecular weight is 483 g/mol. The fourth-order valence-corrected chi connectivity index (χ4v) is 4.05. The highest BCUT2D eigenvalue weighted by Gasteiger charge is 2.24. The highest BCUT2D eigenvalue weighted by atomic mass is 79.9. The van der Waals surface area contributed by atoms with E-state index in [4.69, 9.17) is 0 Å². The molecular weight excluding hydrogens is 467 g/mol. The smallest absolute Gasteiger partial charge is 0.298 e. The van der Waals surface area contributed by atoms with Crippen LogP contribution in [0.15, 0.2) is 62.6 Å². The molecule has 31 heavy (non-hydrogen) atoms. The lowest BCUT2D eigenvalue weighted by atomic mass is 10.2. The molecule has 5 aromatic rings. The molecule has 0 bridgehead atoms. The van der Waals surface area contributed by atoms with Gasteiger partial charge < -0.3 is 0 Å². The number of imidazole rings is 1. The molecule has 0 fully saturated rings. The van der Waals surface area contributed by atoms with Crippen molar-refractivity contribution in [1.29, 1.82) is 0 Å². The molecule has 0 saturated heterocycles. The van der Waals surface area contributed by atoms with Crippen molar-refractivity contribution in [2.75, 3.05) is 0 Å². The van der Waals surface area contributed by atoms with Gasteiger partial charge in [0.1, 0.15) is 5.82 Å². The van der Waals surface area contributed by atoms with Crippen LogP contribution in [0.2, 0.25) is 0 Å². The molecule has 0 radical (unpaired) electrons. The Hall–Kier alpha value is -3.53. The zero-order chi connectivity index (χ0) is 21.9. The molecule has 0 N–H and O–H groups in total. The van der Waals surface area contributed by atoms with E-state index in [1.165, 1.54) is 17.7 Å². The minimum atomic E-state index is -0.485. The Balaban J connectivity index is 1.92. The minimum absolute atomic E-state index is 0.0611. The van der Waals surface area contributed by atoms with Crippen molar-refractivity contribution >= 4 is 32.9 Å². The largest absolute Gasteiger partial charge is 0.332 e. The lowest BCUT2D eigenvalue weighted by Crippen LogP contribution is -2.37. The van der Waals surface area contributed by atoms with Gasteiger partial charge in [0.25, 0.3) is 5.56 Å². The second kappa shape index (κ2) is 7.02. The standard InChI is InChI=1S/C21H16BrFN6O2/c1-26-18-16(19(30)27(2)21(26)31)28(11-13-5-3-4-6-15(13)23)20-25-24-17(29(18)20)12-7-9-14(22)10-8-12/h3-10H,11H2,1-2H3. The molecule has 0 amide bonds. The van der Waals surface area contributed by atoms with Gasteiger partial charge in [-0.15, -0.1) is 10.2 Å². The van der Waals surface area contributed by atoms with Crippen LogP contribution >= 0.6 is 15.9 Å². The highest BCUT2D eigenvalue weighted by Crippen LogP contribution is 2.26. The number of hydrogen-bond donors (Lipinski definition) is 0. The molecular formula is C21H16BrFN6O2. The van der Waals surface area contributed by atoms with Crippen LogP contribution in [0, 0.1) is 5.82 Å². The highest BCUT2D eigenvalue weighted by molar-refractivity contribution is 9.10. The quantitative estimate of drug-likeness (QED) is 0.396. The Labute approximate surface area is 182 Å². The van der Waals surface area contributed by atoms with E-state index in [-0.39, 0.29) is 12.1 Å². The number of rotatable bonds is 3.